The van der Waals surface area contributed by atoms with Crippen LogP contribution < -0.4 is 0 Å². The summed E-state index contributed by atoms with van der Waals surface area (Å²) in [6.07, 6.45) is 2.15. The van der Waals surface area contributed by atoms with Gasteiger partial charge in [-0.2, -0.15) is 0 Å². The molecule has 1 aromatic rings. The molecule has 0 N–H and O–H groups in total. The fourth-order valence-electron chi connectivity index (χ4n) is 2.86. The highest BCUT2D eigenvalue weighted by Gasteiger charge is 2.38. The van der Waals surface area contributed by atoms with Crippen LogP contribution in [0.1, 0.15) is 25.8 Å². The summed E-state index contributed by atoms with van der Waals surface area (Å²) in [4.78, 5) is 2.50. The van der Waals surface area contributed by atoms with Gasteiger partial charge in [0.25, 0.3) is 0 Å². The van der Waals surface area contributed by atoms with E-state index in [4.69, 9.17) is 4.74 Å². The standard InChI is InChI=1S/C16H24NO/c1-14(2)12-17-10-9-16(13-17,18-3)11-15-7-5-4-6-8-15/h4-8H,9-13H2,1-3H3. The first kappa shape index (κ1) is 13.6. The van der Waals surface area contributed by atoms with Gasteiger partial charge in [0.2, 0.25) is 0 Å². The third kappa shape index (κ3) is 3.33. The average molecular weight is 246 g/mol. The lowest BCUT2D eigenvalue weighted by Gasteiger charge is -2.28. The molecular formula is C16H24NO. The van der Waals surface area contributed by atoms with Gasteiger partial charge in [-0.15, -0.1) is 0 Å². The molecule has 0 aliphatic carbocycles. The zero-order chi connectivity index (χ0) is 13.0. The molecule has 0 bridgehead atoms. The van der Waals surface area contributed by atoms with Crippen molar-refractivity contribution in [2.45, 2.75) is 32.3 Å². The van der Waals surface area contributed by atoms with Crippen molar-refractivity contribution in [3.8, 4) is 0 Å². The molecule has 0 amide bonds. The number of nitrogens with zero attached hydrogens (tertiary/aromatic N) is 1. The number of ether oxygens (including phenoxy) is 1. The molecule has 1 aliphatic heterocycles. The summed E-state index contributed by atoms with van der Waals surface area (Å²) in [5.74, 6) is 1.47. The molecule has 1 aromatic carbocycles. The van der Waals surface area contributed by atoms with E-state index >= 15 is 0 Å². The Balaban J connectivity index is 2.00. The minimum absolute atomic E-state index is 0.0107. The molecular weight excluding hydrogens is 222 g/mol. The van der Waals surface area contributed by atoms with E-state index in [-0.39, 0.29) is 5.60 Å². The van der Waals surface area contributed by atoms with Crippen LogP contribution in [-0.4, -0.2) is 37.2 Å². The average Bonchev–Trinajstić information content (AvgIpc) is 2.73. The van der Waals surface area contributed by atoms with Crippen molar-refractivity contribution < 1.29 is 4.74 Å². The maximum absolute atomic E-state index is 5.86. The van der Waals surface area contributed by atoms with Crippen LogP contribution in [0, 0.1) is 5.92 Å². The van der Waals surface area contributed by atoms with Crippen LogP contribution in [-0.2, 0) is 11.2 Å². The molecule has 1 radical (unpaired) electrons. The summed E-state index contributed by atoms with van der Waals surface area (Å²) in [5, 5.41) is 0. The maximum atomic E-state index is 5.86. The van der Waals surface area contributed by atoms with Crippen LogP contribution >= 0.6 is 0 Å². The van der Waals surface area contributed by atoms with Gasteiger partial charge in [0.05, 0.1) is 5.60 Å². The first-order valence-corrected chi connectivity index (χ1v) is 6.74. The van der Waals surface area contributed by atoms with E-state index in [1.54, 1.807) is 0 Å². The predicted octanol–water partition coefficient (Wildman–Crippen LogP) is 2.93. The topological polar surface area (TPSA) is 12.5 Å². The molecule has 2 nitrogen and oxygen atoms in total. The first-order chi connectivity index (χ1) is 8.63. The minimum Gasteiger partial charge on any atom is -0.377 e. The molecule has 2 rings (SSSR count). The molecule has 99 valence electrons. The number of benzene rings is 1. The normalized spacial score (nSPS) is 24.9. The van der Waals surface area contributed by atoms with Crippen molar-refractivity contribution in [3.63, 3.8) is 0 Å². The summed E-state index contributed by atoms with van der Waals surface area (Å²) >= 11 is 0. The fraction of sp³-hybridized carbons (Fsp3) is 0.562. The predicted molar refractivity (Wildman–Crippen MR) is 75.5 cm³/mol. The second kappa shape index (κ2) is 5.85. The van der Waals surface area contributed by atoms with E-state index < -0.39 is 0 Å². The van der Waals surface area contributed by atoms with Gasteiger partial charge in [0, 0.05) is 33.2 Å². The third-order valence-electron chi connectivity index (χ3n) is 3.74. The molecule has 1 saturated heterocycles. The maximum Gasteiger partial charge on any atom is 0.0857 e. The van der Waals surface area contributed by atoms with Gasteiger partial charge in [-0.25, -0.2) is 0 Å². The number of methoxy groups -OCH3 is 1. The molecule has 1 fully saturated rings. The van der Waals surface area contributed by atoms with Crippen molar-refractivity contribution in [2.75, 3.05) is 26.7 Å². The Hall–Kier alpha value is -0.860. The molecule has 1 aliphatic rings. The highest BCUT2D eigenvalue weighted by Crippen LogP contribution is 2.29. The lowest BCUT2D eigenvalue weighted by Crippen LogP contribution is -2.38. The molecule has 0 saturated carbocycles. The number of hydrogen-bond donors (Lipinski definition) is 0. The van der Waals surface area contributed by atoms with Gasteiger partial charge in [0.1, 0.15) is 0 Å². The molecule has 1 atom stereocenters. The molecule has 1 unspecified atom stereocenters. The minimum atomic E-state index is 0.0107. The lowest BCUT2D eigenvalue weighted by atomic mass is 9.93. The zero-order valence-electron chi connectivity index (χ0n) is 11.8. The van der Waals surface area contributed by atoms with Crippen LogP contribution in [0.15, 0.2) is 30.3 Å². The molecule has 1 heterocycles. The zero-order valence-corrected chi connectivity index (χ0v) is 11.8. The van der Waals surface area contributed by atoms with E-state index in [9.17, 15) is 0 Å². The Kier molecular flexibility index (Phi) is 4.41. The summed E-state index contributed by atoms with van der Waals surface area (Å²) in [5.41, 5.74) is 1.38. The summed E-state index contributed by atoms with van der Waals surface area (Å²) in [6.45, 7) is 7.68. The van der Waals surface area contributed by atoms with Gasteiger partial charge < -0.3 is 4.74 Å². The van der Waals surface area contributed by atoms with Crippen LogP contribution in [0.3, 0.4) is 0 Å². The van der Waals surface area contributed by atoms with E-state index in [0.717, 1.165) is 32.5 Å². The highest BCUT2D eigenvalue weighted by atomic mass is 16.5. The van der Waals surface area contributed by atoms with Crippen molar-refractivity contribution in [1.82, 2.24) is 4.90 Å². The highest BCUT2D eigenvalue weighted by molar-refractivity contribution is 5.18. The van der Waals surface area contributed by atoms with Gasteiger partial charge >= 0.3 is 0 Å². The summed E-state index contributed by atoms with van der Waals surface area (Å²) in [7, 11) is 1.86. The second-order valence-electron chi connectivity index (χ2n) is 5.72. The summed E-state index contributed by atoms with van der Waals surface area (Å²) in [6, 6.07) is 10.7. The first-order valence-electron chi connectivity index (χ1n) is 6.74. The van der Waals surface area contributed by atoms with Crippen molar-refractivity contribution in [1.29, 1.82) is 0 Å². The van der Waals surface area contributed by atoms with Gasteiger partial charge in [0.15, 0.2) is 0 Å². The quantitative estimate of drug-likeness (QED) is 0.792. The van der Waals surface area contributed by atoms with Gasteiger partial charge in [-0.1, -0.05) is 44.2 Å². The Morgan fingerprint density at radius 2 is 2.00 bits per heavy atom. The van der Waals surface area contributed by atoms with Crippen LogP contribution in [0.2, 0.25) is 0 Å². The van der Waals surface area contributed by atoms with Crippen molar-refractivity contribution >= 4 is 0 Å². The summed E-state index contributed by atoms with van der Waals surface area (Å²) < 4.78 is 5.86. The molecule has 0 spiro atoms. The molecule has 18 heavy (non-hydrogen) atoms. The van der Waals surface area contributed by atoms with Gasteiger partial charge in [-0.3, -0.25) is 4.90 Å². The Bertz CT molecular complexity index is 363. The van der Waals surface area contributed by atoms with E-state index in [2.05, 4.69) is 49.1 Å². The van der Waals surface area contributed by atoms with Crippen LogP contribution in [0.4, 0.5) is 0 Å². The SMILES string of the molecule is COC1(Cc2ccccc2)CCN(C[C](C)C)C1. The Labute approximate surface area is 111 Å². The van der Waals surface area contributed by atoms with Crippen LogP contribution in [0.25, 0.3) is 0 Å². The largest absolute Gasteiger partial charge is 0.377 e. The number of hydrogen-bond acceptors (Lipinski definition) is 2. The Morgan fingerprint density at radius 1 is 1.28 bits per heavy atom. The fourth-order valence-corrected chi connectivity index (χ4v) is 2.86. The lowest BCUT2D eigenvalue weighted by molar-refractivity contribution is -0.000743. The van der Waals surface area contributed by atoms with Crippen molar-refractivity contribution in [3.05, 3.63) is 41.8 Å². The molecule has 0 aromatic heterocycles. The second-order valence-corrected chi connectivity index (χ2v) is 5.72. The van der Waals surface area contributed by atoms with Crippen molar-refractivity contribution in [2.24, 2.45) is 0 Å². The monoisotopic (exact) mass is 246 g/mol. The van der Waals surface area contributed by atoms with E-state index in [0.29, 0.717) is 0 Å². The third-order valence-corrected chi connectivity index (χ3v) is 3.74. The van der Waals surface area contributed by atoms with E-state index in [1.807, 2.05) is 7.11 Å². The smallest absolute Gasteiger partial charge is 0.0857 e. The van der Waals surface area contributed by atoms with E-state index in [1.165, 1.54) is 11.5 Å². The Morgan fingerprint density at radius 3 is 2.61 bits per heavy atom. The van der Waals surface area contributed by atoms with Crippen LogP contribution in [0.5, 0.6) is 0 Å². The number of rotatable bonds is 5. The number of likely N-dealkylation sites (tertiary alicyclic amines) is 1. The van der Waals surface area contributed by atoms with Gasteiger partial charge in [-0.05, 0) is 17.9 Å². The molecule has 2 heteroatoms.